The summed E-state index contributed by atoms with van der Waals surface area (Å²) in [7, 11) is -0.187. The van der Waals surface area contributed by atoms with Crippen LogP contribution in [0.3, 0.4) is 0 Å². The van der Waals surface area contributed by atoms with Crippen molar-refractivity contribution in [3.8, 4) is 5.75 Å². The Bertz CT molecular complexity index is 1950. The third kappa shape index (κ3) is 8.14. The molecule has 1 saturated carbocycles. The Morgan fingerprint density at radius 1 is 0.979 bits per heavy atom. The maximum absolute atomic E-state index is 12.3. The van der Waals surface area contributed by atoms with Gasteiger partial charge in [0.2, 0.25) is 5.91 Å². The van der Waals surface area contributed by atoms with Gasteiger partial charge in [0.1, 0.15) is 17.6 Å². The molecule has 7 rings (SSSR count). The largest absolute Gasteiger partial charge is 0.454 e. The molecule has 0 saturated heterocycles. The first-order chi connectivity index (χ1) is 22.4. The predicted octanol–water partition coefficient (Wildman–Crippen LogP) is 7.20. The van der Waals surface area contributed by atoms with Gasteiger partial charge < -0.3 is 30.0 Å². The van der Waals surface area contributed by atoms with Gasteiger partial charge in [0.05, 0.1) is 28.8 Å². The molecule has 1 amide bonds. The minimum atomic E-state index is -0.693. The Hall–Kier alpha value is -4.06. The van der Waals surface area contributed by atoms with E-state index in [0.29, 0.717) is 29.7 Å². The van der Waals surface area contributed by atoms with Crippen molar-refractivity contribution in [3.63, 3.8) is 0 Å². The maximum Gasteiger partial charge on any atom is 0.240 e. The third-order valence-corrected chi connectivity index (χ3v) is 10.3. The summed E-state index contributed by atoms with van der Waals surface area (Å²) in [6.07, 6.45) is 7.01. The summed E-state index contributed by atoms with van der Waals surface area (Å²) in [6, 6.07) is 28.5. The van der Waals surface area contributed by atoms with Crippen LogP contribution in [0.15, 0.2) is 109 Å². The van der Waals surface area contributed by atoms with Gasteiger partial charge in [-0.2, -0.15) is 0 Å². The van der Waals surface area contributed by atoms with E-state index in [1.807, 2.05) is 47.2 Å². The second kappa shape index (κ2) is 15.4. The quantitative estimate of drug-likeness (QED) is 0.117. The molecule has 1 atom stereocenters. The molecule has 3 heterocycles. The second-order valence-corrected chi connectivity index (χ2v) is 13.7. The Morgan fingerprint density at radius 2 is 1.71 bits per heavy atom. The molecule has 48 heavy (non-hydrogen) atoms. The molecule has 1 aliphatic heterocycles. The molecule has 0 bridgehead atoms. The summed E-state index contributed by atoms with van der Waals surface area (Å²) in [6.45, 7) is 1.79. The van der Waals surface area contributed by atoms with E-state index in [2.05, 4.69) is 85.0 Å². The van der Waals surface area contributed by atoms with E-state index in [-0.39, 0.29) is 41.4 Å². The number of fused-ring (bicyclic) bond motifs is 1. The number of nitrogens with two attached hydrogens (primary N) is 1. The first-order valence-corrected chi connectivity index (χ1v) is 17.0. The minimum Gasteiger partial charge on any atom is -0.454 e. The SMILES string of the molecule is Cl.Cl.NC1(C(=O)NCCn2ccc3ncnc(Nc4ccc(OC5=CN(Cc6ccccc6)S(Cc6ccccc6)=C5)c(Cl)c4)c32)CC1. The number of hydrogen-bond donors (Lipinski definition) is 3. The van der Waals surface area contributed by atoms with Gasteiger partial charge in [0, 0.05) is 36.1 Å². The van der Waals surface area contributed by atoms with Crippen molar-refractivity contribution in [2.75, 3.05) is 11.9 Å². The monoisotopic (exact) mass is 723 g/mol. The van der Waals surface area contributed by atoms with E-state index in [0.717, 1.165) is 47.6 Å². The molecule has 1 fully saturated rings. The summed E-state index contributed by atoms with van der Waals surface area (Å²) < 4.78 is 10.7. The highest BCUT2D eigenvalue weighted by molar-refractivity contribution is 8.12. The van der Waals surface area contributed by atoms with Gasteiger partial charge >= 0.3 is 0 Å². The van der Waals surface area contributed by atoms with Crippen molar-refractivity contribution in [2.24, 2.45) is 5.73 Å². The van der Waals surface area contributed by atoms with Gasteiger partial charge in [-0.25, -0.2) is 9.97 Å². The van der Waals surface area contributed by atoms with Crippen molar-refractivity contribution >= 4 is 80.9 Å². The summed E-state index contributed by atoms with van der Waals surface area (Å²) in [5.41, 5.74) is 10.2. The molecule has 9 nitrogen and oxygen atoms in total. The topological polar surface area (TPSA) is 110 Å². The molecule has 0 radical (unpaired) electrons. The number of rotatable bonds is 12. The van der Waals surface area contributed by atoms with Crippen LogP contribution in [0.1, 0.15) is 24.0 Å². The van der Waals surface area contributed by atoms with Crippen LogP contribution in [0.2, 0.25) is 5.02 Å². The maximum atomic E-state index is 12.3. The van der Waals surface area contributed by atoms with Crippen LogP contribution >= 0.6 is 47.1 Å². The smallest absolute Gasteiger partial charge is 0.240 e. The summed E-state index contributed by atoms with van der Waals surface area (Å²) >= 11 is 6.77. The molecule has 3 aromatic carbocycles. The van der Waals surface area contributed by atoms with Crippen molar-refractivity contribution in [3.05, 3.63) is 126 Å². The van der Waals surface area contributed by atoms with Crippen molar-refractivity contribution in [1.82, 2.24) is 24.2 Å². The van der Waals surface area contributed by atoms with Gasteiger partial charge in [-0.3, -0.25) is 4.79 Å². The highest BCUT2D eigenvalue weighted by Crippen LogP contribution is 2.37. The molecule has 2 aromatic heterocycles. The van der Waals surface area contributed by atoms with Crippen LogP contribution in [-0.4, -0.2) is 42.2 Å². The summed E-state index contributed by atoms with van der Waals surface area (Å²) in [5.74, 6) is 2.76. The molecular formula is C35H36Cl3N7O2S. The van der Waals surface area contributed by atoms with Gasteiger partial charge in [-0.05, 0) is 48.2 Å². The van der Waals surface area contributed by atoms with E-state index in [1.54, 1.807) is 0 Å². The van der Waals surface area contributed by atoms with Crippen LogP contribution in [0, 0.1) is 0 Å². The highest BCUT2D eigenvalue weighted by atomic mass is 35.5. The number of aromatic nitrogens is 3. The zero-order chi connectivity index (χ0) is 31.5. The van der Waals surface area contributed by atoms with E-state index in [1.165, 1.54) is 17.5 Å². The van der Waals surface area contributed by atoms with E-state index < -0.39 is 5.54 Å². The predicted molar refractivity (Wildman–Crippen MR) is 200 cm³/mol. The standard InChI is InChI=1S/C35H34ClN7O2S.2ClH/c36-29-19-27(41-33-32-30(39-24-40-33)13-17-42(32)18-16-38-34(44)35(37)14-15-35)11-12-31(29)45-28-21-43(20-25-7-3-1-4-8-25)46(23-28)22-26-9-5-2-6-10-26;;/h1-13,17,19,21,23-24H,14-16,18,20,22,37H2,(H,38,44)(H,39,40,41);2*1H. The lowest BCUT2D eigenvalue weighted by Gasteiger charge is -2.21. The third-order valence-electron chi connectivity index (χ3n) is 8.01. The fourth-order valence-corrected chi connectivity index (χ4v) is 7.39. The first-order valence-electron chi connectivity index (χ1n) is 15.2. The molecule has 1 aliphatic carbocycles. The molecule has 13 heteroatoms. The average molecular weight is 725 g/mol. The lowest BCUT2D eigenvalue weighted by Crippen LogP contribution is -2.43. The summed E-state index contributed by atoms with van der Waals surface area (Å²) in [4.78, 5) is 21.2. The van der Waals surface area contributed by atoms with Crippen LogP contribution in [-0.2, 0) is 23.6 Å². The Kier molecular flexibility index (Phi) is 11.3. The number of benzene rings is 3. The minimum absolute atomic E-state index is 0. The fraction of sp³-hybridized carbons (Fsp3) is 0.200. The first kappa shape index (κ1) is 35.3. The second-order valence-electron chi connectivity index (χ2n) is 11.5. The number of nitrogens with zero attached hydrogens (tertiary/aromatic N) is 4. The van der Waals surface area contributed by atoms with Gasteiger partial charge in [0.15, 0.2) is 11.6 Å². The number of carbonyl (C=O) groups excluding carboxylic acids is 1. The number of hydrogen-bond acceptors (Lipinski definition) is 7. The van der Waals surface area contributed by atoms with Gasteiger partial charge in [-0.15, -0.1) is 24.8 Å². The van der Waals surface area contributed by atoms with Crippen molar-refractivity contribution < 1.29 is 9.53 Å². The molecule has 5 aromatic rings. The molecule has 0 spiro atoms. The lowest BCUT2D eigenvalue weighted by molar-refractivity contribution is -0.123. The molecule has 1 unspecified atom stereocenters. The number of allylic oxidation sites excluding steroid dienone is 1. The normalized spacial score (nSPS) is 15.8. The highest BCUT2D eigenvalue weighted by Gasteiger charge is 2.45. The fourth-order valence-electron chi connectivity index (χ4n) is 5.32. The van der Waals surface area contributed by atoms with Crippen LogP contribution in [0.25, 0.3) is 11.0 Å². The average Bonchev–Trinajstić information content (AvgIpc) is 3.52. The Balaban J connectivity index is 0.00000225. The van der Waals surface area contributed by atoms with E-state index in [4.69, 9.17) is 22.1 Å². The molecular weight excluding hydrogens is 689 g/mol. The zero-order valence-corrected chi connectivity index (χ0v) is 29.1. The molecule has 250 valence electrons. The number of halogens is 3. The van der Waals surface area contributed by atoms with Gasteiger partial charge in [0.25, 0.3) is 0 Å². The van der Waals surface area contributed by atoms with Crippen LogP contribution in [0.4, 0.5) is 11.5 Å². The number of nitrogens with one attached hydrogen (secondary N) is 2. The lowest BCUT2D eigenvalue weighted by atomic mass is 10.2. The Labute approximate surface area is 299 Å². The summed E-state index contributed by atoms with van der Waals surface area (Å²) in [5, 5.41) is 8.99. The van der Waals surface area contributed by atoms with E-state index in [9.17, 15) is 4.79 Å². The number of anilines is 2. The number of ether oxygens (including phenoxy) is 1. The number of amides is 1. The van der Waals surface area contributed by atoms with Crippen LogP contribution < -0.4 is 21.1 Å². The number of carbonyl (C=O) groups is 1. The van der Waals surface area contributed by atoms with Crippen molar-refractivity contribution in [1.29, 1.82) is 0 Å². The zero-order valence-electron chi connectivity index (χ0n) is 25.9. The van der Waals surface area contributed by atoms with E-state index >= 15 is 0 Å². The van der Waals surface area contributed by atoms with Gasteiger partial charge in [-0.1, -0.05) is 82.9 Å². The molecule has 4 N–H and O–H groups in total. The van der Waals surface area contributed by atoms with Crippen molar-refractivity contribution in [2.45, 2.75) is 37.2 Å². The molecule has 2 aliphatic rings. The Morgan fingerprint density at radius 3 is 2.42 bits per heavy atom. The van der Waals surface area contributed by atoms with Crippen LogP contribution in [0.5, 0.6) is 5.75 Å².